The Bertz CT molecular complexity index is 965. The number of hydrogen-bond donors (Lipinski definition) is 2. The highest BCUT2D eigenvalue weighted by molar-refractivity contribution is 5.93. The molecular weight excluding hydrogens is 360 g/mol. The minimum Gasteiger partial charge on any atom is -0.493 e. The Morgan fingerprint density at radius 2 is 1.61 bits per heavy atom. The molecule has 2 aromatic carbocycles. The second-order valence-corrected chi connectivity index (χ2v) is 5.75. The number of anilines is 2. The van der Waals surface area contributed by atoms with Crippen LogP contribution in [0.15, 0.2) is 48.7 Å². The van der Waals surface area contributed by atoms with Crippen molar-refractivity contribution in [3.8, 4) is 28.6 Å². The fourth-order valence-corrected chi connectivity index (χ4v) is 2.65. The molecule has 0 aliphatic heterocycles. The monoisotopic (exact) mass is 380 g/mol. The van der Waals surface area contributed by atoms with E-state index in [-0.39, 0.29) is 0 Å². The first-order valence-electron chi connectivity index (χ1n) is 8.36. The summed E-state index contributed by atoms with van der Waals surface area (Å²) in [5.41, 5.74) is 7.17. The number of nitrogens with zero attached hydrogens (tertiary/aromatic N) is 2. The van der Waals surface area contributed by atoms with Crippen LogP contribution in [0.4, 0.5) is 11.5 Å². The summed E-state index contributed by atoms with van der Waals surface area (Å²) in [4.78, 5) is 20.0. The average Bonchev–Trinajstić information content (AvgIpc) is 2.73. The van der Waals surface area contributed by atoms with Gasteiger partial charge in [-0.2, -0.15) is 0 Å². The van der Waals surface area contributed by atoms with Gasteiger partial charge in [-0.3, -0.25) is 4.79 Å². The lowest BCUT2D eigenvalue weighted by atomic mass is 10.1. The largest absolute Gasteiger partial charge is 0.493 e. The maximum absolute atomic E-state index is 11.2. The van der Waals surface area contributed by atoms with E-state index >= 15 is 0 Å². The summed E-state index contributed by atoms with van der Waals surface area (Å²) >= 11 is 0. The molecule has 0 unspecified atom stereocenters. The lowest BCUT2D eigenvalue weighted by Crippen LogP contribution is -2.10. The van der Waals surface area contributed by atoms with Gasteiger partial charge in [0.2, 0.25) is 11.7 Å². The lowest BCUT2D eigenvalue weighted by Gasteiger charge is -2.15. The molecule has 0 aliphatic carbocycles. The zero-order valence-corrected chi connectivity index (χ0v) is 15.7. The summed E-state index contributed by atoms with van der Waals surface area (Å²) in [7, 11) is 4.66. The summed E-state index contributed by atoms with van der Waals surface area (Å²) in [5.74, 6) is 2.17. The van der Waals surface area contributed by atoms with E-state index in [9.17, 15) is 4.79 Å². The number of nitrogens with two attached hydrogens (primary N) is 1. The van der Waals surface area contributed by atoms with Crippen LogP contribution >= 0.6 is 0 Å². The highest BCUT2D eigenvalue weighted by Crippen LogP contribution is 2.40. The van der Waals surface area contributed by atoms with Gasteiger partial charge in [0.15, 0.2) is 17.3 Å². The van der Waals surface area contributed by atoms with Gasteiger partial charge in [-0.05, 0) is 18.2 Å². The van der Waals surface area contributed by atoms with Crippen molar-refractivity contribution in [2.24, 2.45) is 5.73 Å². The van der Waals surface area contributed by atoms with E-state index in [1.165, 1.54) is 0 Å². The topological polar surface area (TPSA) is 109 Å². The fraction of sp³-hybridized carbons (Fsp3) is 0.150. The van der Waals surface area contributed by atoms with E-state index in [1.807, 2.05) is 0 Å². The van der Waals surface area contributed by atoms with Gasteiger partial charge < -0.3 is 25.3 Å². The molecule has 0 radical (unpaired) electrons. The highest BCUT2D eigenvalue weighted by atomic mass is 16.5. The fourth-order valence-electron chi connectivity index (χ4n) is 2.65. The molecule has 0 bridgehead atoms. The van der Waals surface area contributed by atoms with E-state index in [2.05, 4.69) is 15.3 Å². The highest BCUT2D eigenvalue weighted by Gasteiger charge is 2.14. The Kier molecular flexibility index (Phi) is 5.59. The molecule has 1 aromatic heterocycles. The van der Waals surface area contributed by atoms with E-state index in [1.54, 1.807) is 70.0 Å². The van der Waals surface area contributed by atoms with Gasteiger partial charge in [-0.1, -0.05) is 12.1 Å². The molecule has 3 aromatic rings. The zero-order valence-electron chi connectivity index (χ0n) is 15.7. The number of benzene rings is 2. The van der Waals surface area contributed by atoms with E-state index in [0.29, 0.717) is 40.1 Å². The third kappa shape index (κ3) is 3.96. The Balaban J connectivity index is 1.90. The predicted molar refractivity (Wildman–Crippen MR) is 105 cm³/mol. The minimum absolute atomic E-state index is 0.426. The first-order chi connectivity index (χ1) is 13.5. The zero-order chi connectivity index (χ0) is 20.1. The number of amides is 1. The standard InChI is InChI=1S/C20H20N4O4/c1-26-15-10-14(11-16(27-2)18(15)28-3)23-17-8-9-22-20(24-17)13-6-4-12(5-7-13)19(21)25/h4-11H,1-3H3,(H2,21,25)(H,22,23,24). The maximum Gasteiger partial charge on any atom is 0.248 e. The Morgan fingerprint density at radius 3 is 2.14 bits per heavy atom. The van der Waals surface area contributed by atoms with Crippen LogP contribution in [0.2, 0.25) is 0 Å². The van der Waals surface area contributed by atoms with Gasteiger partial charge in [0.05, 0.1) is 21.3 Å². The van der Waals surface area contributed by atoms with E-state index in [0.717, 1.165) is 5.56 Å². The van der Waals surface area contributed by atoms with Crippen molar-refractivity contribution in [3.63, 3.8) is 0 Å². The van der Waals surface area contributed by atoms with Crippen LogP contribution in [0, 0.1) is 0 Å². The van der Waals surface area contributed by atoms with Gasteiger partial charge in [-0.25, -0.2) is 9.97 Å². The van der Waals surface area contributed by atoms with Gasteiger partial charge in [-0.15, -0.1) is 0 Å². The number of carbonyl (C=O) groups is 1. The van der Waals surface area contributed by atoms with Gasteiger partial charge in [0.25, 0.3) is 0 Å². The molecule has 8 nitrogen and oxygen atoms in total. The summed E-state index contributed by atoms with van der Waals surface area (Å²) in [6, 6.07) is 12.1. The first-order valence-corrected chi connectivity index (χ1v) is 8.36. The first kappa shape index (κ1) is 19.0. The van der Waals surface area contributed by atoms with Crippen LogP contribution < -0.4 is 25.3 Å². The van der Waals surface area contributed by atoms with Crippen molar-refractivity contribution >= 4 is 17.4 Å². The molecule has 1 heterocycles. The Hall–Kier alpha value is -3.81. The number of aromatic nitrogens is 2. The molecule has 0 atom stereocenters. The van der Waals surface area contributed by atoms with Crippen LogP contribution in [0.5, 0.6) is 17.2 Å². The molecule has 0 saturated carbocycles. The molecule has 1 amide bonds. The second-order valence-electron chi connectivity index (χ2n) is 5.75. The van der Waals surface area contributed by atoms with Gasteiger partial charge in [0, 0.05) is 35.1 Å². The number of carbonyl (C=O) groups excluding carboxylic acids is 1. The Labute approximate surface area is 162 Å². The summed E-state index contributed by atoms with van der Waals surface area (Å²) in [6.07, 6.45) is 1.64. The third-order valence-corrected chi connectivity index (χ3v) is 4.02. The quantitative estimate of drug-likeness (QED) is 0.648. The number of primary amides is 1. The number of hydrogen-bond acceptors (Lipinski definition) is 7. The lowest BCUT2D eigenvalue weighted by molar-refractivity contribution is 0.100. The van der Waals surface area contributed by atoms with Crippen molar-refractivity contribution in [2.75, 3.05) is 26.6 Å². The molecule has 144 valence electrons. The molecule has 3 N–H and O–H groups in total. The summed E-state index contributed by atoms with van der Waals surface area (Å²) in [5, 5.41) is 3.20. The van der Waals surface area contributed by atoms with Crippen molar-refractivity contribution in [1.29, 1.82) is 0 Å². The number of methoxy groups -OCH3 is 3. The summed E-state index contributed by atoms with van der Waals surface area (Å²) in [6.45, 7) is 0. The van der Waals surface area contributed by atoms with Crippen LogP contribution in [0.25, 0.3) is 11.4 Å². The van der Waals surface area contributed by atoms with Crippen LogP contribution in [-0.2, 0) is 0 Å². The number of nitrogens with one attached hydrogen (secondary N) is 1. The maximum atomic E-state index is 11.2. The van der Waals surface area contributed by atoms with Crippen LogP contribution in [0.1, 0.15) is 10.4 Å². The van der Waals surface area contributed by atoms with Crippen LogP contribution in [0.3, 0.4) is 0 Å². The van der Waals surface area contributed by atoms with Crippen molar-refractivity contribution in [1.82, 2.24) is 9.97 Å². The molecule has 3 rings (SSSR count). The second kappa shape index (κ2) is 8.26. The van der Waals surface area contributed by atoms with Crippen LogP contribution in [-0.4, -0.2) is 37.2 Å². The summed E-state index contributed by atoms with van der Waals surface area (Å²) < 4.78 is 16.1. The molecule has 0 aliphatic rings. The predicted octanol–water partition coefficient (Wildman–Crippen LogP) is 3.01. The molecule has 0 spiro atoms. The molecule has 28 heavy (non-hydrogen) atoms. The van der Waals surface area contributed by atoms with Gasteiger partial charge >= 0.3 is 0 Å². The van der Waals surface area contributed by atoms with E-state index in [4.69, 9.17) is 19.9 Å². The molecule has 8 heteroatoms. The van der Waals surface area contributed by atoms with Crippen molar-refractivity contribution < 1.29 is 19.0 Å². The normalized spacial score (nSPS) is 10.2. The van der Waals surface area contributed by atoms with E-state index < -0.39 is 5.91 Å². The Morgan fingerprint density at radius 1 is 0.964 bits per heavy atom. The molecule has 0 fully saturated rings. The molecular formula is C20H20N4O4. The van der Waals surface area contributed by atoms with Crippen molar-refractivity contribution in [3.05, 3.63) is 54.2 Å². The SMILES string of the molecule is COc1cc(Nc2ccnc(-c3ccc(C(N)=O)cc3)n2)cc(OC)c1OC. The molecule has 0 saturated heterocycles. The van der Waals surface area contributed by atoms with Gasteiger partial charge in [0.1, 0.15) is 5.82 Å². The average molecular weight is 380 g/mol. The smallest absolute Gasteiger partial charge is 0.248 e. The minimum atomic E-state index is -0.481. The van der Waals surface area contributed by atoms with Crippen molar-refractivity contribution in [2.45, 2.75) is 0 Å². The number of rotatable bonds is 7. The number of ether oxygens (including phenoxy) is 3. The third-order valence-electron chi connectivity index (χ3n) is 4.02.